The van der Waals surface area contributed by atoms with Crippen LogP contribution in [-0.2, 0) is 4.79 Å². The number of primary amides is 1. The molecule has 0 fully saturated rings. The highest BCUT2D eigenvalue weighted by Gasteiger charge is 2.19. The Hall–Kier alpha value is -2.24. The average Bonchev–Trinajstić information content (AvgIpc) is 2.30. The maximum atomic E-state index is 12.1. The summed E-state index contributed by atoms with van der Waals surface area (Å²) in [5.41, 5.74) is 11.5. The molecule has 2 amide bonds. The smallest absolute Gasteiger partial charge is 0.257 e. The lowest BCUT2D eigenvalue weighted by Gasteiger charge is -2.18. The van der Waals surface area contributed by atoms with Gasteiger partial charge in [-0.05, 0) is 19.1 Å². The molecule has 1 rings (SSSR count). The lowest BCUT2D eigenvalue weighted by atomic mass is 10.1. The SMILES string of the molecule is CCOc1c(N)cccc1C(=O)N(C)CC(N)=O. The molecule has 0 heterocycles. The zero-order chi connectivity index (χ0) is 13.7. The lowest BCUT2D eigenvalue weighted by molar-refractivity contribution is -0.118. The number of carbonyl (C=O) groups is 2. The molecule has 0 spiro atoms. The van der Waals surface area contributed by atoms with E-state index in [2.05, 4.69) is 0 Å². The van der Waals surface area contributed by atoms with E-state index in [4.69, 9.17) is 16.2 Å². The van der Waals surface area contributed by atoms with Crippen LogP contribution in [0, 0.1) is 0 Å². The van der Waals surface area contributed by atoms with E-state index in [-0.39, 0.29) is 12.5 Å². The molecule has 0 aliphatic heterocycles. The van der Waals surface area contributed by atoms with Crippen molar-refractivity contribution in [1.82, 2.24) is 4.90 Å². The van der Waals surface area contributed by atoms with Crippen molar-refractivity contribution >= 4 is 17.5 Å². The zero-order valence-corrected chi connectivity index (χ0v) is 10.5. The van der Waals surface area contributed by atoms with Crippen LogP contribution in [0.15, 0.2) is 18.2 Å². The molecule has 0 atom stereocenters. The topological polar surface area (TPSA) is 98.7 Å². The van der Waals surface area contributed by atoms with Gasteiger partial charge in [0.25, 0.3) is 5.91 Å². The molecule has 0 saturated carbocycles. The van der Waals surface area contributed by atoms with Gasteiger partial charge in [0, 0.05) is 7.05 Å². The predicted octanol–water partition coefficient (Wildman–Crippen LogP) is 0.225. The second kappa shape index (κ2) is 5.90. The maximum Gasteiger partial charge on any atom is 0.257 e. The first kappa shape index (κ1) is 13.8. The molecule has 98 valence electrons. The number of carbonyl (C=O) groups excluding carboxylic acids is 2. The lowest BCUT2D eigenvalue weighted by Crippen LogP contribution is -2.35. The summed E-state index contributed by atoms with van der Waals surface area (Å²) in [6.07, 6.45) is 0. The Morgan fingerprint density at radius 3 is 2.61 bits per heavy atom. The van der Waals surface area contributed by atoms with E-state index in [0.29, 0.717) is 23.6 Å². The fourth-order valence-electron chi connectivity index (χ4n) is 1.54. The molecule has 1 aromatic carbocycles. The molecule has 4 N–H and O–H groups in total. The van der Waals surface area contributed by atoms with Crippen LogP contribution in [0.25, 0.3) is 0 Å². The normalized spacial score (nSPS) is 9.89. The molecule has 6 heteroatoms. The Morgan fingerprint density at radius 2 is 2.06 bits per heavy atom. The number of hydrogen-bond donors (Lipinski definition) is 2. The van der Waals surface area contributed by atoms with Crippen molar-refractivity contribution < 1.29 is 14.3 Å². The minimum Gasteiger partial charge on any atom is -0.491 e. The third-order valence-electron chi connectivity index (χ3n) is 2.30. The summed E-state index contributed by atoms with van der Waals surface area (Å²) >= 11 is 0. The molecule has 0 aliphatic rings. The first-order valence-corrected chi connectivity index (χ1v) is 5.52. The molecule has 1 aromatic rings. The number of nitrogen functional groups attached to an aromatic ring is 1. The Kier molecular flexibility index (Phi) is 4.53. The summed E-state index contributed by atoms with van der Waals surface area (Å²) < 4.78 is 5.36. The number of likely N-dealkylation sites (N-methyl/N-ethyl adjacent to an activating group) is 1. The van der Waals surface area contributed by atoms with Crippen LogP contribution in [0.3, 0.4) is 0 Å². The number of para-hydroxylation sites is 1. The molecule has 0 radical (unpaired) electrons. The van der Waals surface area contributed by atoms with E-state index in [9.17, 15) is 9.59 Å². The number of anilines is 1. The number of nitrogens with zero attached hydrogens (tertiary/aromatic N) is 1. The molecule has 6 nitrogen and oxygen atoms in total. The van der Waals surface area contributed by atoms with Crippen molar-refractivity contribution in [3.8, 4) is 5.75 Å². The van der Waals surface area contributed by atoms with Gasteiger partial charge in [-0.15, -0.1) is 0 Å². The first-order valence-electron chi connectivity index (χ1n) is 5.52. The van der Waals surface area contributed by atoms with Gasteiger partial charge in [-0.25, -0.2) is 0 Å². The summed E-state index contributed by atoms with van der Waals surface area (Å²) in [4.78, 5) is 24.1. The number of ether oxygens (including phenoxy) is 1. The Labute approximate surface area is 105 Å². The number of benzene rings is 1. The average molecular weight is 251 g/mol. The number of nitrogens with two attached hydrogens (primary N) is 2. The maximum absolute atomic E-state index is 12.1. The quantitative estimate of drug-likeness (QED) is 0.731. The molecule has 0 saturated heterocycles. The van der Waals surface area contributed by atoms with Gasteiger partial charge in [0.2, 0.25) is 5.91 Å². The van der Waals surface area contributed by atoms with Gasteiger partial charge in [0.15, 0.2) is 5.75 Å². The fraction of sp³-hybridized carbons (Fsp3) is 0.333. The summed E-state index contributed by atoms with van der Waals surface area (Å²) in [6, 6.07) is 4.90. The third kappa shape index (κ3) is 3.13. The Balaban J connectivity index is 3.04. The van der Waals surface area contributed by atoms with Crippen LogP contribution in [0.1, 0.15) is 17.3 Å². The minimum absolute atomic E-state index is 0.154. The molecule has 0 aliphatic carbocycles. The minimum atomic E-state index is -0.576. The van der Waals surface area contributed by atoms with Gasteiger partial charge in [-0.3, -0.25) is 9.59 Å². The van der Waals surface area contributed by atoms with E-state index >= 15 is 0 Å². The Bertz CT molecular complexity index is 460. The van der Waals surface area contributed by atoms with Crippen LogP contribution < -0.4 is 16.2 Å². The van der Waals surface area contributed by atoms with Crippen LogP contribution >= 0.6 is 0 Å². The van der Waals surface area contributed by atoms with Crippen LogP contribution in [0.4, 0.5) is 5.69 Å². The first-order chi connectivity index (χ1) is 8.47. The number of rotatable bonds is 5. The van der Waals surface area contributed by atoms with Crippen molar-refractivity contribution in [3.63, 3.8) is 0 Å². The van der Waals surface area contributed by atoms with E-state index in [0.717, 1.165) is 0 Å². The summed E-state index contributed by atoms with van der Waals surface area (Å²) in [7, 11) is 1.49. The van der Waals surface area contributed by atoms with Gasteiger partial charge in [-0.1, -0.05) is 6.07 Å². The van der Waals surface area contributed by atoms with E-state index in [1.165, 1.54) is 11.9 Å². The third-order valence-corrected chi connectivity index (χ3v) is 2.30. The van der Waals surface area contributed by atoms with Crippen molar-refractivity contribution in [2.24, 2.45) is 5.73 Å². The molecule has 18 heavy (non-hydrogen) atoms. The van der Waals surface area contributed by atoms with E-state index < -0.39 is 5.91 Å². The monoisotopic (exact) mass is 251 g/mol. The predicted molar refractivity (Wildman–Crippen MR) is 68.2 cm³/mol. The highest BCUT2D eigenvalue weighted by molar-refractivity contribution is 6.00. The molecular weight excluding hydrogens is 234 g/mol. The second-order valence-corrected chi connectivity index (χ2v) is 3.78. The molecule has 0 aromatic heterocycles. The van der Waals surface area contributed by atoms with Crippen molar-refractivity contribution in [3.05, 3.63) is 23.8 Å². The van der Waals surface area contributed by atoms with Crippen molar-refractivity contribution in [1.29, 1.82) is 0 Å². The van der Waals surface area contributed by atoms with Crippen molar-refractivity contribution in [2.45, 2.75) is 6.92 Å². The van der Waals surface area contributed by atoms with E-state index in [1.54, 1.807) is 25.1 Å². The molecular formula is C12H17N3O3. The van der Waals surface area contributed by atoms with Crippen LogP contribution in [0.2, 0.25) is 0 Å². The van der Waals surface area contributed by atoms with Gasteiger partial charge in [-0.2, -0.15) is 0 Å². The summed E-state index contributed by atoms with van der Waals surface area (Å²) in [5, 5.41) is 0. The number of hydrogen-bond acceptors (Lipinski definition) is 4. The van der Waals surface area contributed by atoms with Gasteiger partial charge < -0.3 is 21.1 Å². The molecule has 0 unspecified atom stereocenters. The van der Waals surface area contributed by atoms with E-state index in [1.807, 2.05) is 0 Å². The Morgan fingerprint density at radius 1 is 1.39 bits per heavy atom. The van der Waals surface area contributed by atoms with Crippen molar-refractivity contribution in [2.75, 3.05) is 25.9 Å². The van der Waals surface area contributed by atoms with Gasteiger partial charge in [0.05, 0.1) is 24.4 Å². The van der Waals surface area contributed by atoms with Crippen LogP contribution in [-0.4, -0.2) is 36.9 Å². The summed E-state index contributed by atoms with van der Waals surface area (Å²) in [5.74, 6) is -0.599. The highest BCUT2D eigenvalue weighted by Crippen LogP contribution is 2.27. The largest absolute Gasteiger partial charge is 0.491 e. The fourth-order valence-corrected chi connectivity index (χ4v) is 1.54. The standard InChI is InChI=1S/C12H17N3O3/c1-3-18-11-8(5-4-6-9(11)13)12(17)15(2)7-10(14)16/h4-6H,3,7,13H2,1-2H3,(H2,14,16). The number of amides is 2. The molecule has 0 bridgehead atoms. The van der Waals surface area contributed by atoms with Crippen LogP contribution in [0.5, 0.6) is 5.75 Å². The highest BCUT2D eigenvalue weighted by atomic mass is 16.5. The van der Waals surface area contributed by atoms with Gasteiger partial charge >= 0.3 is 0 Å². The zero-order valence-electron chi connectivity index (χ0n) is 10.5. The van der Waals surface area contributed by atoms with Gasteiger partial charge in [0.1, 0.15) is 0 Å². The summed E-state index contributed by atoms with van der Waals surface area (Å²) in [6.45, 7) is 2.04. The second-order valence-electron chi connectivity index (χ2n) is 3.78.